The monoisotopic (exact) mass is 354 g/mol. The Bertz CT molecular complexity index is 770. The summed E-state index contributed by atoms with van der Waals surface area (Å²) in [5, 5.41) is 5.65. The predicted octanol–water partition coefficient (Wildman–Crippen LogP) is 2.85. The molecule has 6 heteroatoms. The average molecular weight is 354 g/mol. The van der Waals surface area contributed by atoms with Crippen LogP contribution >= 0.6 is 0 Å². The zero-order valence-corrected chi connectivity index (χ0v) is 14.7. The first-order valence-electron chi connectivity index (χ1n) is 8.61. The van der Waals surface area contributed by atoms with Gasteiger partial charge in [0.15, 0.2) is 0 Å². The Morgan fingerprint density at radius 1 is 1.08 bits per heavy atom. The van der Waals surface area contributed by atoms with Crippen molar-refractivity contribution < 1.29 is 19.1 Å². The fourth-order valence-electron chi connectivity index (χ4n) is 2.42. The molecule has 0 spiro atoms. The number of methoxy groups -OCH3 is 1. The molecule has 1 saturated carbocycles. The molecule has 0 unspecified atom stereocenters. The standard InChI is InChI=1S/C20H22N2O4/c1-25-17-3-2-4-18(13-17)26-12-11-21-19(23)14-7-9-16(10-8-14)22-20(24)15-5-6-15/h2-4,7-10,13,15H,5-6,11-12H2,1H3,(H,21,23)(H,22,24). The second-order valence-electron chi connectivity index (χ2n) is 6.12. The van der Waals surface area contributed by atoms with Gasteiger partial charge in [-0.1, -0.05) is 6.07 Å². The molecule has 0 radical (unpaired) electrons. The number of rotatable bonds is 8. The van der Waals surface area contributed by atoms with Crippen LogP contribution in [0.5, 0.6) is 11.5 Å². The summed E-state index contributed by atoms with van der Waals surface area (Å²) in [6.07, 6.45) is 1.92. The van der Waals surface area contributed by atoms with Gasteiger partial charge in [0.25, 0.3) is 5.91 Å². The lowest BCUT2D eigenvalue weighted by Gasteiger charge is -2.09. The van der Waals surface area contributed by atoms with Crippen LogP contribution in [0.25, 0.3) is 0 Å². The molecule has 3 rings (SSSR count). The Morgan fingerprint density at radius 2 is 1.81 bits per heavy atom. The summed E-state index contributed by atoms with van der Waals surface area (Å²) < 4.78 is 10.7. The molecule has 2 aromatic rings. The molecule has 6 nitrogen and oxygen atoms in total. The van der Waals surface area contributed by atoms with Gasteiger partial charge < -0.3 is 20.1 Å². The Morgan fingerprint density at radius 3 is 2.50 bits per heavy atom. The first kappa shape index (κ1) is 17.8. The van der Waals surface area contributed by atoms with Crippen LogP contribution in [0.15, 0.2) is 48.5 Å². The van der Waals surface area contributed by atoms with E-state index in [1.165, 1.54) is 0 Å². The van der Waals surface area contributed by atoms with Gasteiger partial charge in [-0.05, 0) is 49.2 Å². The Kier molecular flexibility index (Phi) is 5.73. The van der Waals surface area contributed by atoms with E-state index in [0.29, 0.717) is 30.2 Å². The quantitative estimate of drug-likeness (QED) is 0.715. The molecule has 0 atom stereocenters. The second kappa shape index (κ2) is 8.38. The van der Waals surface area contributed by atoms with Crippen LogP contribution in [0.2, 0.25) is 0 Å². The summed E-state index contributed by atoms with van der Waals surface area (Å²) >= 11 is 0. The van der Waals surface area contributed by atoms with Gasteiger partial charge in [0.2, 0.25) is 5.91 Å². The minimum Gasteiger partial charge on any atom is -0.497 e. The van der Waals surface area contributed by atoms with Crippen LogP contribution in [0, 0.1) is 5.92 Å². The van der Waals surface area contributed by atoms with Crippen molar-refractivity contribution in [2.24, 2.45) is 5.92 Å². The Hall–Kier alpha value is -3.02. The van der Waals surface area contributed by atoms with Crippen molar-refractivity contribution in [1.29, 1.82) is 0 Å². The number of carbonyl (C=O) groups is 2. The normalized spacial score (nSPS) is 13.0. The number of hydrogen-bond acceptors (Lipinski definition) is 4. The third kappa shape index (κ3) is 4.99. The van der Waals surface area contributed by atoms with Gasteiger partial charge in [0.05, 0.1) is 13.7 Å². The highest BCUT2D eigenvalue weighted by atomic mass is 16.5. The second-order valence-corrected chi connectivity index (χ2v) is 6.12. The third-order valence-electron chi connectivity index (χ3n) is 4.06. The lowest BCUT2D eigenvalue weighted by Crippen LogP contribution is -2.28. The molecule has 1 aliphatic carbocycles. The number of hydrogen-bond donors (Lipinski definition) is 2. The number of carbonyl (C=O) groups excluding carboxylic acids is 2. The van der Waals surface area contributed by atoms with Crippen molar-refractivity contribution in [3.63, 3.8) is 0 Å². The SMILES string of the molecule is COc1cccc(OCCNC(=O)c2ccc(NC(=O)C3CC3)cc2)c1. The van der Waals surface area contributed by atoms with Crippen LogP contribution in [0.4, 0.5) is 5.69 Å². The van der Waals surface area contributed by atoms with E-state index in [2.05, 4.69) is 10.6 Å². The number of anilines is 1. The van der Waals surface area contributed by atoms with Crippen molar-refractivity contribution in [3.8, 4) is 11.5 Å². The molecule has 0 bridgehead atoms. The zero-order chi connectivity index (χ0) is 18.4. The van der Waals surface area contributed by atoms with E-state index in [-0.39, 0.29) is 17.7 Å². The van der Waals surface area contributed by atoms with Crippen LogP contribution in [0.3, 0.4) is 0 Å². The van der Waals surface area contributed by atoms with Gasteiger partial charge >= 0.3 is 0 Å². The van der Waals surface area contributed by atoms with Gasteiger partial charge in [-0.3, -0.25) is 9.59 Å². The fraction of sp³-hybridized carbons (Fsp3) is 0.300. The van der Waals surface area contributed by atoms with E-state index in [1.807, 2.05) is 18.2 Å². The predicted molar refractivity (Wildman–Crippen MR) is 98.6 cm³/mol. The highest BCUT2D eigenvalue weighted by Gasteiger charge is 2.29. The maximum Gasteiger partial charge on any atom is 0.251 e. The Labute approximate surface area is 152 Å². The van der Waals surface area contributed by atoms with Crippen molar-refractivity contribution in [2.45, 2.75) is 12.8 Å². The Balaban J connectivity index is 1.42. The van der Waals surface area contributed by atoms with Crippen molar-refractivity contribution in [3.05, 3.63) is 54.1 Å². The minimum absolute atomic E-state index is 0.0527. The topological polar surface area (TPSA) is 76.7 Å². The summed E-state index contributed by atoms with van der Waals surface area (Å²) in [6, 6.07) is 14.2. The van der Waals surface area contributed by atoms with Crippen molar-refractivity contribution in [2.75, 3.05) is 25.6 Å². The van der Waals surface area contributed by atoms with E-state index in [0.717, 1.165) is 18.6 Å². The largest absolute Gasteiger partial charge is 0.497 e. The first-order valence-corrected chi connectivity index (χ1v) is 8.61. The molecule has 0 saturated heterocycles. The van der Waals surface area contributed by atoms with Crippen LogP contribution in [-0.4, -0.2) is 32.1 Å². The number of ether oxygens (including phenoxy) is 2. The van der Waals surface area contributed by atoms with E-state index in [9.17, 15) is 9.59 Å². The number of nitrogens with one attached hydrogen (secondary N) is 2. The van der Waals surface area contributed by atoms with E-state index in [1.54, 1.807) is 37.4 Å². The third-order valence-corrected chi connectivity index (χ3v) is 4.06. The van der Waals surface area contributed by atoms with Crippen LogP contribution in [-0.2, 0) is 4.79 Å². The minimum atomic E-state index is -0.181. The number of amides is 2. The molecule has 2 N–H and O–H groups in total. The van der Waals surface area contributed by atoms with Gasteiger partial charge in [0, 0.05) is 23.2 Å². The molecule has 26 heavy (non-hydrogen) atoms. The molecule has 0 aliphatic heterocycles. The summed E-state index contributed by atoms with van der Waals surface area (Å²) in [5.74, 6) is 1.44. The van der Waals surface area contributed by atoms with E-state index in [4.69, 9.17) is 9.47 Å². The highest BCUT2D eigenvalue weighted by molar-refractivity contribution is 5.96. The maximum atomic E-state index is 12.1. The van der Waals surface area contributed by atoms with Gasteiger partial charge in [-0.15, -0.1) is 0 Å². The summed E-state index contributed by atoms with van der Waals surface area (Å²) in [4.78, 5) is 23.8. The molecule has 0 aromatic heterocycles. The van der Waals surface area contributed by atoms with Crippen LogP contribution in [0.1, 0.15) is 23.2 Å². The van der Waals surface area contributed by atoms with Crippen LogP contribution < -0.4 is 20.1 Å². The van der Waals surface area contributed by atoms with Gasteiger partial charge in [-0.2, -0.15) is 0 Å². The van der Waals surface area contributed by atoms with Gasteiger partial charge in [0.1, 0.15) is 18.1 Å². The smallest absolute Gasteiger partial charge is 0.251 e. The van der Waals surface area contributed by atoms with Crippen molar-refractivity contribution in [1.82, 2.24) is 5.32 Å². The van der Waals surface area contributed by atoms with Crippen molar-refractivity contribution >= 4 is 17.5 Å². The summed E-state index contributed by atoms with van der Waals surface area (Å²) in [6.45, 7) is 0.741. The number of benzene rings is 2. The van der Waals surface area contributed by atoms with Gasteiger partial charge in [-0.25, -0.2) is 0 Å². The molecule has 1 aliphatic rings. The molecule has 1 fully saturated rings. The molecule has 0 heterocycles. The molecule has 136 valence electrons. The summed E-state index contributed by atoms with van der Waals surface area (Å²) in [5.41, 5.74) is 1.25. The molecular weight excluding hydrogens is 332 g/mol. The lowest BCUT2D eigenvalue weighted by molar-refractivity contribution is -0.117. The maximum absolute atomic E-state index is 12.1. The molecular formula is C20H22N2O4. The lowest BCUT2D eigenvalue weighted by atomic mass is 10.2. The van der Waals surface area contributed by atoms with E-state index < -0.39 is 0 Å². The first-order chi connectivity index (χ1) is 12.7. The average Bonchev–Trinajstić information content (AvgIpc) is 3.51. The zero-order valence-electron chi connectivity index (χ0n) is 14.7. The van der Waals surface area contributed by atoms with E-state index >= 15 is 0 Å². The summed E-state index contributed by atoms with van der Waals surface area (Å²) in [7, 11) is 1.60. The molecule has 2 amide bonds. The molecule has 2 aromatic carbocycles. The highest BCUT2D eigenvalue weighted by Crippen LogP contribution is 2.30. The fourth-order valence-corrected chi connectivity index (χ4v) is 2.42.